The number of halogens is 2. The van der Waals surface area contributed by atoms with Crippen LogP contribution in [-0.2, 0) is 0 Å². The maximum absolute atomic E-state index is 11.8. The largest absolute Gasteiger partial charge is 0.352 e. The molecule has 0 atom stereocenters. The summed E-state index contributed by atoms with van der Waals surface area (Å²) >= 11 is 0. The number of hydrogen-bond donors (Lipinski definition) is 3. The van der Waals surface area contributed by atoms with E-state index in [9.17, 15) is 4.79 Å². The summed E-state index contributed by atoms with van der Waals surface area (Å²) in [6, 6.07) is 4.21. The summed E-state index contributed by atoms with van der Waals surface area (Å²) in [4.78, 5) is 15.7. The molecular weight excluding hydrogens is 359 g/mol. The van der Waals surface area contributed by atoms with Gasteiger partial charge in [-0.3, -0.25) is 9.78 Å². The Bertz CT molecular complexity index is 442. The van der Waals surface area contributed by atoms with Crippen molar-refractivity contribution < 1.29 is 4.79 Å². The average molecular weight is 391 g/mol. The van der Waals surface area contributed by atoms with Gasteiger partial charge < -0.3 is 16.0 Å². The van der Waals surface area contributed by atoms with Gasteiger partial charge in [0.25, 0.3) is 5.91 Å². The normalized spacial score (nSPS) is 14.2. The van der Waals surface area contributed by atoms with E-state index in [0.29, 0.717) is 5.56 Å². The van der Waals surface area contributed by atoms with Crippen LogP contribution >= 0.6 is 24.8 Å². The molecule has 144 valence electrons. The molecule has 5 nitrogen and oxygen atoms in total. The molecule has 1 amide bonds. The minimum absolute atomic E-state index is 0. The van der Waals surface area contributed by atoms with Crippen molar-refractivity contribution in [3.8, 4) is 0 Å². The molecule has 0 bridgehead atoms. The van der Waals surface area contributed by atoms with Gasteiger partial charge in [-0.2, -0.15) is 0 Å². The molecule has 25 heavy (non-hydrogen) atoms. The van der Waals surface area contributed by atoms with Crippen LogP contribution in [0.3, 0.4) is 0 Å². The van der Waals surface area contributed by atoms with Crippen LogP contribution in [-0.4, -0.2) is 43.1 Å². The topological polar surface area (TPSA) is 66.1 Å². The molecule has 1 aromatic heterocycles. The van der Waals surface area contributed by atoms with Crippen LogP contribution in [0.1, 0.15) is 55.3 Å². The second-order valence-corrected chi connectivity index (χ2v) is 6.24. The van der Waals surface area contributed by atoms with Gasteiger partial charge in [-0.05, 0) is 44.4 Å². The fourth-order valence-corrected chi connectivity index (χ4v) is 2.98. The lowest BCUT2D eigenvalue weighted by atomic mass is 9.95. The molecule has 1 aliphatic rings. The average Bonchev–Trinajstić information content (AvgIpc) is 2.61. The van der Waals surface area contributed by atoms with Gasteiger partial charge >= 0.3 is 0 Å². The van der Waals surface area contributed by atoms with Crippen molar-refractivity contribution in [2.75, 3.05) is 26.2 Å². The van der Waals surface area contributed by atoms with E-state index >= 15 is 0 Å². The molecule has 1 saturated carbocycles. The third-order valence-corrected chi connectivity index (χ3v) is 4.35. The van der Waals surface area contributed by atoms with Crippen LogP contribution in [0, 0.1) is 0 Å². The standard InChI is InChI=1S/C18H30N4O.2ClH/c23-18(16-8-12-20-13-9-16)22-11-5-4-10-19-14-15-21-17-6-2-1-3-7-17;;/h8-9,12-13,17,19,21H,1-7,10-11,14-15H2,(H,22,23);2*1H. The fraction of sp³-hybridized carbons (Fsp3) is 0.667. The zero-order valence-electron chi connectivity index (χ0n) is 14.8. The van der Waals surface area contributed by atoms with Crippen LogP contribution < -0.4 is 16.0 Å². The molecule has 2 rings (SSSR count). The molecule has 1 fully saturated rings. The summed E-state index contributed by atoms with van der Waals surface area (Å²) in [5, 5.41) is 10.0. The van der Waals surface area contributed by atoms with E-state index in [1.807, 2.05) is 0 Å². The van der Waals surface area contributed by atoms with E-state index in [1.54, 1.807) is 24.5 Å². The van der Waals surface area contributed by atoms with Crippen molar-refractivity contribution in [3.63, 3.8) is 0 Å². The highest BCUT2D eigenvalue weighted by atomic mass is 35.5. The Balaban J connectivity index is 0.00000288. The lowest BCUT2D eigenvalue weighted by Gasteiger charge is -2.22. The molecule has 0 saturated heterocycles. The van der Waals surface area contributed by atoms with E-state index < -0.39 is 0 Å². The maximum atomic E-state index is 11.8. The van der Waals surface area contributed by atoms with Crippen LogP contribution in [0.25, 0.3) is 0 Å². The number of hydrogen-bond acceptors (Lipinski definition) is 4. The summed E-state index contributed by atoms with van der Waals surface area (Å²) in [6.07, 6.45) is 12.2. The fourth-order valence-electron chi connectivity index (χ4n) is 2.98. The molecule has 3 N–H and O–H groups in total. The van der Waals surface area contributed by atoms with Crippen LogP contribution in [0.5, 0.6) is 0 Å². The Labute approximate surface area is 164 Å². The van der Waals surface area contributed by atoms with Gasteiger partial charge in [0.15, 0.2) is 0 Å². The van der Waals surface area contributed by atoms with Crippen molar-refractivity contribution >= 4 is 30.7 Å². The van der Waals surface area contributed by atoms with Crippen molar-refractivity contribution in [2.24, 2.45) is 0 Å². The first-order valence-electron chi connectivity index (χ1n) is 8.98. The van der Waals surface area contributed by atoms with E-state index in [2.05, 4.69) is 20.9 Å². The number of carbonyl (C=O) groups excluding carboxylic acids is 1. The monoisotopic (exact) mass is 390 g/mol. The molecule has 0 aromatic carbocycles. The van der Waals surface area contributed by atoms with E-state index in [4.69, 9.17) is 0 Å². The highest BCUT2D eigenvalue weighted by Crippen LogP contribution is 2.16. The highest BCUT2D eigenvalue weighted by molar-refractivity contribution is 5.93. The number of nitrogens with zero attached hydrogens (tertiary/aromatic N) is 1. The lowest BCUT2D eigenvalue weighted by molar-refractivity contribution is 0.0953. The number of amides is 1. The summed E-state index contributed by atoms with van der Waals surface area (Å²) in [5.74, 6) is -0.0166. The molecule has 1 aliphatic carbocycles. The number of unbranched alkanes of at least 4 members (excludes halogenated alkanes) is 1. The van der Waals surface area contributed by atoms with Crippen LogP contribution in [0.2, 0.25) is 0 Å². The predicted molar refractivity (Wildman–Crippen MR) is 108 cm³/mol. The first-order valence-corrected chi connectivity index (χ1v) is 8.98. The molecule has 0 unspecified atom stereocenters. The second-order valence-electron chi connectivity index (χ2n) is 6.24. The summed E-state index contributed by atoms with van der Waals surface area (Å²) in [7, 11) is 0. The van der Waals surface area contributed by atoms with Gasteiger partial charge in [0, 0.05) is 43.6 Å². The SMILES string of the molecule is Cl.Cl.O=C(NCCCCNCCNC1CCCCC1)c1ccncc1. The number of nitrogens with one attached hydrogen (secondary N) is 3. The van der Waals surface area contributed by atoms with Crippen molar-refractivity contribution in [1.29, 1.82) is 0 Å². The molecule has 0 aliphatic heterocycles. The Kier molecular flexibility index (Phi) is 14.8. The number of carbonyl (C=O) groups is 1. The summed E-state index contributed by atoms with van der Waals surface area (Å²) in [5.41, 5.74) is 0.673. The zero-order chi connectivity index (χ0) is 16.2. The third kappa shape index (κ3) is 10.6. The van der Waals surface area contributed by atoms with Gasteiger partial charge in [-0.25, -0.2) is 0 Å². The zero-order valence-corrected chi connectivity index (χ0v) is 16.5. The van der Waals surface area contributed by atoms with Gasteiger partial charge in [0.1, 0.15) is 0 Å². The lowest BCUT2D eigenvalue weighted by Crippen LogP contribution is -2.36. The minimum Gasteiger partial charge on any atom is -0.352 e. The number of pyridine rings is 1. The van der Waals surface area contributed by atoms with Crippen molar-refractivity contribution in [3.05, 3.63) is 30.1 Å². The van der Waals surface area contributed by atoms with Gasteiger partial charge in [0.05, 0.1) is 0 Å². The van der Waals surface area contributed by atoms with Gasteiger partial charge in [-0.15, -0.1) is 24.8 Å². The molecule has 0 spiro atoms. The number of aromatic nitrogens is 1. The second kappa shape index (κ2) is 15.4. The Morgan fingerprint density at radius 1 is 0.960 bits per heavy atom. The molecule has 7 heteroatoms. The van der Waals surface area contributed by atoms with Crippen LogP contribution in [0.15, 0.2) is 24.5 Å². The highest BCUT2D eigenvalue weighted by Gasteiger charge is 2.11. The van der Waals surface area contributed by atoms with Gasteiger partial charge in [0.2, 0.25) is 0 Å². The first kappa shape index (κ1) is 24.1. The van der Waals surface area contributed by atoms with E-state index in [1.165, 1.54) is 32.1 Å². The van der Waals surface area contributed by atoms with Crippen LogP contribution in [0.4, 0.5) is 0 Å². The maximum Gasteiger partial charge on any atom is 0.251 e. The molecule has 1 aromatic rings. The van der Waals surface area contributed by atoms with E-state index in [0.717, 1.165) is 45.1 Å². The van der Waals surface area contributed by atoms with Crippen molar-refractivity contribution in [1.82, 2.24) is 20.9 Å². The quantitative estimate of drug-likeness (QED) is 0.537. The third-order valence-electron chi connectivity index (χ3n) is 4.35. The van der Waals surface area contributed by atoms with Crippen molar-refractivity contribution in [2.45, 2.75) is 51.0 Å². The molecular formula is C18H32Cl2N4O. The summed E-state index contributed by atoms with van der Waals surface area (Å²) in [6.45, 7) is 3.82. The molecule has 0 radical (unpaired) electrons. The van der Waals surface area contributed by atoms with Gasteiger partial charge in [-0.1, -0.05) is 19.3 Å². The minimum atomic E-state index is -0.0166. The Morgan fingerprint density at radius 3 is 2.36 bits per heavy atom. The van der Waals surface area contributed by atoms with E-state index in [-0.39, 0.29) is 30.7 Å². The Hall–Kier alpha value is -0.880. The molecule has 1 heterocycles. The summed E-state index contributed by atoms with van der Waals surface area (Å²) < 4.78 is 0. The predicted octanol–water partition coefficient (Wildman–Crippen LogP) is 2.95. The number of rotatable bonds is 10. The Morgan fingerprint density at radius 2 is 1.64 bits per heavy atom. The first-order chi connectivity index (χ1) is 11.4. The smallest absolute Gasteiger partial charge is 0.251 e.